The Kier molecular flexibility index (Phi) is 1.34. The number of hydrogen-bond acceptors (Lipinski definition) is 3. The second-order valence-electron chi connectivity index (χ2n) is 2.20. The van der Waals surface area contributed by atoms with Gasteiger partial charge in [0.15, 0.2) is 5.82 Å². The van der Waals surface area contributed by atoms with Crippen LogP contribution in [0.1, 0.15) is 0 Å². The van der Waals surface area contributed by atoms with Crippen molar-refractivity contribution in [3.63, 3.8) is 0 Å². The number of anilines is 1. The predicted molar refractivity (Wildman–Crippen MR) is 41.9 cm³/mol. The Labute approximate surface area is 67.2 Å². The summed E-state index contributed by atoms with van der Waals surface area (Å²) in [5.41, 5.74) is 0. The molecular formula is C6H6BrN3. The highest BCUT2D eigenvalue weighted by Gasteiger charge is 2.18. The lowest BCUT2D eigenvalue weighted by Crippen LogP contribution is -1.95. The molecule has 4 heteroatoms. The van der Waals surface area contributed by atoms with Gasteiger partial charge in [0, 0.05) is 13.1 Å². The van der Waals surface area contributed by atoms with E-state index in [9.17, 15) is 0 Å². The van der Waals surface area contributed by atoms with Gasteiger partial charge in [-0.3, -0.25) is 0 Å². The number of aromatic nitrogens is 2. The van der Waals surface area contributed by atoms with Crippen LogP contribution in [-0.4, -0.2) is 23.3 Å². The third-order valence-electron chi connectivity index (χ3n) is 1.39. The Morgan fingerprint density at radius 2 is 2.10 bits per heavy atom. The highest BCUT2D eigenvalue weighted by atomic mass is 79.9. The molecule has 0 spiro atoms. The summed E-state index contributed by atoms with van der Waals surface area (Å²) in [6.07, 6.45) is 0. The second-order valence-corrected chi connectivity index (χ2v) is 3.01. The standard InChI is InChI=1S/C6H6BrN3/c7-5-1-2-6(9-8-5)10-3-4-10/h1-2H,3-4H2. The topological polar surface area (TPSA) is 28.8 Å². The number of nitrogens with zero attached hydrogens (tertiary/aromatic N) is 3. The Hall–Kier alpha value is -0.640. The van der Waals surface area contributed by atoms with E-state index in [1.165, 1.54) is 0 Å². The van der Waals surface area contributed by atoms with E-state index in [0.29, 0.717) is 0 Å². The van der Waals surface area contributed by atoms with Gasteiger partial charge in [0.2, 0.25) is 0 Å². The lowest BCUT2D eigenvalue weighted by Gasteiger charge is -1.97. The lowest BCUT2D eigenvalue weighted by molar-refractivity contribution is 0.991. The summed E-state index contributed by atoms with van der Waals surface area (Å²) >= 11 is 3.22. The van der Waals surface area contributed by atoms with E-state index >= 15 is 0 Å². The first-order valence-electron chi connectivity index (χ1n) is 3.10. The lowest BCUT2D eigenvalue weighted by atomic mass is 10.5. The summed E-state index contributed by atoms with van der Waals surface area (Å²) in [5.74, 6) is 0.975. The zero-order valence-electron chi connectivity index (χ0n) is 5.29. The summed E-state index contributed by atoms with van der Waals surface area (Å²) in [6, 6.07) is 3.87. The van der Waals surface area contributed by atoms with Crippen molar-refractivity contribution in [3.8, 4) is 0 Å². The molecule has 0 radical (unpaired) electrons. The number of halogens is 1. The van der Waals surface area contributed by atoms with Crippen LogP contribution in [-0.2, 0) is 0 Å². The largest absolute Gasteiger partial charge is 0.352 e. The van der Waals surface area contributed by atoms with Crippen molar-refractivity contribution in [2.75, 3.05) is 18.0 Å². The molecule has 1 fully saturated rings. The van der Waals surface area contributed by atoms with E-state index in [1.807, 2.05) is 12.1 Å². The molecule has 0 atom stereocenters. The van der Waals surface area contributed by atoms with E-state index in [0.717, 1.165) is 23.5 Å². The molecule has 0 saturated carbocycles. The minimum atomic E-state index is 0.790. The van der Waals surface area contributed by atoms with E-state index in [-0.39, 0.29) is 0 Å². The molecule has 1 aromatic rings. The van der Waals surface area contributed by atoms with Gasteiger partial charge in [-0.1, -0.05) is 0 Å². The average molecular weight is 200 g/mol. The number of rotatable bonds is 1. The summed E-state index contributed by atoms with van der Waals surface area (Å²) in [7, 11) is 0. The van der Waals surface area contributed by atoms with Crippen molar-refractivity contribution < 1.29 is 0 Å². The van der Waals surface area contributed by atoms with Crippen molar-refractivity contribution in [3.05, 3.63) is 16.7 Å². The molecule has 2 heterocycles. The zero-order valence-corrected chi connectivity index (χ0v) is 6.87. The van der Waals surface area contributed by atoms with Crippen LogP contribution in [0.15, 0.2) is 16.7 Å². The molecule has 0 aliphatic carbocycles. The van der Waals surface area contributed by atoms with Crippen LogP contribution in [0.5, 0.6) is 0 Å². The van der Waals surface area contributed by atoms with Crippen LogP contribution in [0.4, 0.5) is 5.82 Å². The fourth-order valence-corrected chi connectivity index (χ4v) is 0.968. The quantitative estimate of drug-likeness (QED) is 0.634. The minimum absolute atomic E-state index is 0.790. The van der Waals surface area contributed by atoms with Crippen molar-refractivity contribution in [1.29, 1.82) is 0 Å². The van der Waals surface area contributed by atoms with Crippen LogP contribution >= 0.6 is 15.9 Å². The van der Waals surface area contributed by atoms with Gasteiger partial charge in [-0.05, 0) is 28.1 Å². The molecule has 1 aromatic heterocycles. The van der Waals surface area contributed by atoms with E-state index < -0.39 is 0 Å². The Bertz CT molecular complexity index is 229. The molecule has 0 amide bonds. The summed E-state index contributed by atoms with van der Waals surface area (Å²) < 4.78 is 0.790. The Morgan fingerprint density at radius 1 is 1.30 bits per heavy atom. The first-order valence-corrected chi connectivity index (χ1v) is 3.90. The van der Waals surface area contributed by atoms with E-state index in [2.05, 4.69) is 31.0 Å². The third kappa shape index (κ3) is 1.11. The van der Waals surface area contributed by atoms with Gasteiger partial charge in [0.1, 0.15) is 4.60 Å². The summed E-state index contributed by atoms with van der Waals surface area (Å²) in [6.45, 7) is 2.24. The van der Waals surface area contributed by atoms with Gasteiger partial charge < -0.3 is 4.90 Å². The van der Waals surface area contributed by atoms with Crippen LogP contribution in [0.3, 0.4) is 0 Å². The van der Waals surface area contributed by atoms with Crippen LogP contribution < -0.4 is 4.90 Å². The van der Waals surface area contributed by atoms with E-state index in [4.69, 9.17) is 0 Å². The van der Waals surface area contributed by atoms with Crippen LogP contribution in [0, 0.1) is 0 Å². The van der Waals surface area contributed by atoms with E-state index in [1.54, 1.807) is 0 Å². The first kappa shape index (κ1) is 6.09. The van der Waals surface area contributed by atoms with Crippen molar-refractivity contribution >= 4 is 21.7 Å². The molecule has 1 aliphatic rings. The molecule has 0 aromatic carbocycles. The Morgan fingerprint density at radius 3 is 2.60 bits per heavy atom. The molecule has 52 valence electrons. The first-order chi connectivity index (χ1) is 4.86. The summed E-state index contributed by atoms with van der Waals surface area (Å²) in [4.78, 5) is 2.15. The Balaban J connectivity index is 2.28. The predicted octanol–water partition coefficient (Wildman–Crippen LogP) is 1.06. The molecule has 2 rings (SSSR count). The smallest absolute Gasteiger partial charge is 0.151 e. The molecule has 0 unspecified atom stereocenters. The highest BCUT2D eigenvalue weighted by molar-refractivity contribution is 9.10. The van der Waals surface area contributed by atoms with Crippen LogP contribution in [0.25, 0.3) is 0 Å². The molecule has 0 N–H and O–H groups in total. The zero-order chi connectivity index (χ0) is 6.97. The van der Waals surface area contributed by atoms with Gasteiger partial charge in [-0.25, -0.2) is 0 Å². The summed E-state index contributed by atoms with van der Waals surface area (Å²) in [5, 5.41) is 7.83. The maximum Gasteiger partial charge on any atom is 0.151 e. The average Bonchev–Trinajstić information content (AvgIpc) is 2.71. The maximum atomic E-state index is 3.97. The SMILES string of the molecule is Brc1ccc(N2CC2)nn1. The number of hydrogen-bond donors (Lipinski definition) is 0. The fraction of sp³-hybridized carbons (Fsp3) is 0.333. The molecular weight excluding hydrogens is 194 g/mol. The molecule has 10 heavy (non-hydrogen) atoms. The fourth-order valence-electron chi connectivity index (χ4n) is 0.757. The van der Waals surface area contributed by atoms with Gasteiger partial charge in [-0.2, -0.15) is 0 Å². The molecule has 3 nitrogen and oxygen atoms in total. The van der Waals surface area contributed by atoms with Crippen molar-refractivity contribution in [2.45, 2.75) is 0 Å². The molecule has 1 aliphatic heterocycles. The molecule has 1 saturated heterocycles. The minimum Gasteiger partial charge on any atom is -0.352 e. The van der Waals surface area contributed by atoms with Crippen molar-refractivity contribution in [1.82, 2.24) is 10.2 Å². The van der Waals surface area contributed by atoms with Gasteiger partial charge in [0.25, 0.3) is 0 Å². The van der Waals surface area contributed by atoms with Crippen molar-refractivity contribution in [2.24, 2.45) is 0 Å². The third-order valence-corrected chi connectivity index (χ3v) is 1.81. The second kappa shape index (κ2) is 2.20. The van der Waals surface area contributed by atoms with Gasteiger partial charge >= 0.3 is 0 Å². The maximum absolute atomic E-state index is 3.97. The highest BCUT2D eigenvalue weighted by Crippen LogP contribution is 2.17. The van der Waals surface area contributed by atoms with Crippen LogP contribution in [0.2, 0.25) is 0 Å². The molecule has 0 bridgehead atoms. The normalized spacial score (nSPS) is 15.5. The van der Waals surface area contributed by atoms with Gasteiger partial charge in [-0.15, -0.1) is 10.2 Å². The van der Waals surface area contributed by atoms with Gasteiger partial charge in [0.05, 0.1) is 0 Å². The monoisotopic (exact) mass is 199 g/mol.